The smallest absolute Gasteiger partial charge is 0.338 e. The zero-order valence-electron chi connectivity index (χ0n) is 11.1. The van der Waals surface area contributed by atoms with E-state index in [1.807, 2.05) is 6.92 Å². The Morgan fingerprint density at radius 3 is 2.82 bits per heavy atom. The normalized spacial score (nSPS) is 16.6. The van der Waals surface area contributed by atoms with Crippen LogP contribution in [0.1, 0.15) is 58.8 Å². The number of unbranched alkanes of at least 4 members (excludes halogenated alkanes) is 2. The van der Waals surface area contributed by atoms with Gasteiger partial charge in [0, 0.05) is 0 Å². The van der Waals surface area contributed by atoms with E-state index in [1.165, 1.54) is 18.4 Å². The molecule has 0 unspecified atom stereocenters. The van der Waals surface area contributed by atoms with E-state index in [0.29, 0.717) is 6.61 Å². The standard InChI is InChI=1S/C15H24O2/c1-3-5-7-12-14(15(16)17-4-2)13-10-8-6-9-11-13/h10,12H,3-9,11H2,1-2H3/b14-12-. The summed E-state index contributed by atoms with van der Waals surface area (Å²) in [6.07, 6.45) is 12.1. The predicted molar refractivity (Wildman–Crippen MR) is 70.8 cm³/mol. The molecule has 1 rings (SSSR count). The van der Waals surface area contributed by atoms with Gasteiger partial charge in [-0.15, -0.1) is 0 Å². The summed E-state index contributed by atoms with van der Waals surface area (Å²) in [5.74, 6) is -0.142. The van der Waals surface area contributed by atoms with Gasteiger partial charge in [0.2, 0.25) is 0 Å². The second kappa shape index (κ2) is 8.10. The van der Waals surface area contributed by atoms with Crippen molar-refractivity contribution in [3.63, 3.8) is 0 Å². The monoisotopic (exact) mass is 236 g/mol. The van der Waals surface area contributed by atoms with E-state index in [-0.39, 0.29) is 5.97 Å². The van der Waals surface area contributed by atoms with Gasteiger partial charge in [-0.2, -0.15) is 0 Å². The summed E-state index contributed by atoms with van der Waals surface area (Å²) in [6, 6.07) is 0. The molecule has 96 valence electrons. The first kappa shape index (κ1) is 14.0. The molecule has 17 heavy (non-hydrogen) atoms. The molecule has 0 heterocycles. The van der Waals surface area contributed by atoms with Crippen molar-refractivity contribution in [1.82, 2.24) is 0 Å². The molecule has 1 aliphatic carbocycles. The highest BCUT2D eigenvalue weighted by molar-refractivity contribution is 5.93. The molecule has 0 saturated carbocycles. The molecule has 0 aromatic carbocycles. The Morgan fingerprint density at radius 2 is 2.24 bits per heavy atom. The fraction of sp³-hybridized carbons (Fsp3) is 0.667. The highest BCUT2D eigenvalue weighted by Crippen LogP contribution is 2.25. The molecule has 0 bridgehead atoms. The molecular formula is C15H24O2. The summed E-state index contributed by atoms with van der Waals surface area (Å²) in [7, 11) is 0. The van der Waals surface area contributed by atoms with Gasteiger partial charge in [-0.05, 0) is 44.6 Å². The minimum Gasteiger partial charge on any atom is -0.462 e. The minimum atomic E-state index is -0.142. The van der Waals surface area contributed by atoms with Gasteiger partial charge in [0.15, 0.2) is 0 Å². The summed E-state index contributed by atoms with van der Waals surface area (Å²) in [6.45, 7) is 4.48. The first-order valence-electron chi connectivity index (χ1n) is 6.86. The Bertz CT molecular complexity index is 300. The number of rotatable bonds is 6. The lowest BCUT2D eigenvalue weighted by Gasteiger charge is -2.15. The van der Waals surface area contributed by atoms with Crippen molar-refractivity contribution in [1.29, 1.82) is 0 Å². The van der Waals surface area contributed by atoms with Crippen LogP contribution in [0.3, 0.4) is 0 Å². The zero-order valence-corrected chi connectivity index (χ0v) is 11.1. The van der Waals surface area contributed by atoms with Crippen LogP contribution in [0, 0.1) is 0 Å². The van der Waals surface area contributed by atoms with Gasteiger partial charge in [-0.1, -0.05) is 31.9 Å². The SMILES string of the molecule is CCCC/C=C(\C(=O)OCC)C1=CCCCC1. The molecule has 0 aromatic heterocycles. The largest absolute Gasteiger partial charge is 0.462 e. The van der Waals surface area contributed by atoms with Crippen molar-refractivity contribution < 1.29 is 9.53 Å². The van der Waals surface area contributed by atoms with Crippen molar-refractivity contribution in [2.75, 3.05) is 6.61 Å². The van der Waals surface area contributed by atoms with Crippen molar-refractivity contribution in [3.05, 3.63) is 23.3 Å². The number of carbonyl (C=O) groups excluding carboxylic acids is 1. The molecule has 0 N–H and O–H groups in total. The maximum absolute atomic E-state index is 11.9. The number of hydrogen-bond donors (Lipinski definition) is 0. The lowest BCUT2D eigenvalue weighted by Crippen LogP contribution is -2.11. The molecule has 0 atom stereocenters. The van der Waals surface area contributed by atoms with Crippen molar-refractivity contribution in [2.45, 2.75) is 58.8 Å². The average molecular weight is 236 g/mol. The third kappa shape index (κ3) is 4.76. The molecular weight excluding hydrogens is 212 g/mol. The molecule has 0 spiro atoms. The zero-order chi connectivity index (χ0) is 12.5. The number of hydrogen-bond acceptors (Lipinski definition) is 2. The van der Waals surface area contributed by atoms with Crippen molar-refractivity contribution in [2.24, 2.45) is 0 Å². The minimum absolute atomic E-state index is 0.142. The summed E-state index contributed by atoms with van der Waals surface area (Å²) in [5.41, 5.74) is 2.02. The second-order valence-electron chi connectivity index (χ2n) is 4.46. The maximum Gasteiger partial charge on any atom is 0.338 e. The third-order valence-corrected chi connectivity index (χ3v) is 3.04. The van der Waals surface area contributed by atoms with Crippen LogP contribution < -0.4 is 0 Å². The molecule has 0 fully saturated rings. The quantitative estimate of drug-likeness (QED) is 0.393. The Labute approximate surface area is 105 Å². The topological polar surface area (TPSA) is 26.3 Å². The summed E-state index contributed by atoms with van der Waals surface area (Å²) in [4.78, 5) is 11.9. The van der Waals surface area contributed by atoms with Crippen LogP contribution in [0.4, 0.5) is 0 Å². The van der Waals surface area contributed by atoms with Gasteiger partial charge in [0.25, 0.3) is 0 Å². The Hall–Kier alpha value is -1.05. The first-order valence-corrected chi connectivity index (χ1v) is 6.86. The highest BCUT2D eigenvalue weighted by Gasteiger charge is 2.16. The molecule has 0 amide bonds. The summed E-state index contributed by atoms with van der Waals surface area (Å²) in [5, 5.41) is 0. The number of carbonyl (C=O) groups is 1. The van der Waals surface area contributed by atoms with E-state index >= 15 is 0 Å². The first-order chi connectivity index (χ1) is 8.29. The molecule has 0 saturated heterocycles. The van der Waals surface area contributed by atoms with Crippen LogP contribution in [0.2, 0.25) is 0 Å². The van der Waals surface area contributed by atoms with Crippen LogP contribution in [-0.4, -0.2) is 12.6 Å². The number of esters is 1. The van der Waals surface area contributed by atoms with E-state index in [4.69, 9.17) is 4.74 Å². The fourth-order valence-electron chi connectivity index (χ4n) is 2.09. The second-order valence-corrected chi connectivity index (χ2v) is 4.46. The average Bonchev–Trinajstić information content (AvgIpc) is 2.36. The maximum atomic E-state index is 11.9. The Morgan fingerprint density at radius 1 is 1.41 bits per heavy atom. The van der Waals surface area contributed by atoms with Gasteiger partial charge in [-0.3, -0.25) is 0 Å². The van der Waals surface area contributed by atoms with Crippen LogP contribution in [0.15, 0.2) is 23.3 Å². The summed E-state index contributed by atoms with van der Waals surface area (Å²) < 4.78 is 5.14. The van der Waals surface area contributed by atoms with Gasteiger partial charge >= 0.3 is 5.97 Å². The van der Waals surface area contributed by atoms with E-state index in [1.54, 1.807) is 0 Å². The van der Waals surface area contributed by atoms with E-state index in [0.717, 1.165) is 37.7 Å². The van der Waals surface area contributed by atoms with Crippen molar-refractivity contribution >= 4 is 5.97 Å². The molecule has 2 nitrogen and oxygen atoms in total. The number of ether oxygens (including phenoxy) is 1. The molecule has 0 aromatic rings. The third-order valence-electron chi connectivity index (χ3n) is 3.04. The Kier molecular flexibility index (Phi) is 6.68. The highest BCUT2D eigenvalue weighted by atomic mass is 16.5. The molecule has 0 aliphatic heterocycles. The Balaban J connectivity index is 2.73. The molecule has 2 heteroatoms. The van der Waals surface area contributed by atoms with E-state index in [9.17, 15) is 4.79 Å². The molecule has 1 aliphatic rings. The fourth-order valence-corrected chi connectivity index (χ4v) is 2.09. The van der Waals surface area contributed by atoms with Crippen LogP contribution in [-0.2, 0) is 9.53 Å². The summed E-state index contributed by atoms with van der Waals surface area (Å²) >= 11 is 0. The lowest BCUT2D eigenvalue weighted by molar-refractivity contribution is -0.138. The molecule has 0 radical (unpaired) electrons. The van der Waals surface area contributed by atoms with Gasteiger partial charge in [-0.25, -0.2) is 4.79 Å². The van der Waals surface area contributed by atoms with Gasteiger partial charge in [0.05, 0.1) is 12.2 Å². The van der Waals surface area contributed by atoms with Crippen LogP contribution >= 0.6 is 0 Å². The van der Waals surface area contributed by atoms with E-state index in [2.05, 4.69) is 19.1 Å². The number of allylic oxidation sites excluding steroid dienone is 2. The lowest BCUT2D eigenvalue weighted by atomic mass is 9.92. The van der Waals surface area contributed by atoms with Crippen molar-refractivity contribution in [3.8, 4) is 0 Å². The van der Waals surface area contributed by atoms with Gasteiger partial charge < -0.3 is 4.74 Å². The van der Waals surface area contributed by atoms with Crippen LogP contribution in [0.5, 0.6) is 0 Å². The van der Waals surface area contributed by atoms with E-state index < -0.39 is 0 Å². The van der Waals surface area contributed by atoms with Crippen LogP contribution in [0.25, 0.3) is 0 Å². The predicted octanol–water partition coefficient (Wildman–Crippen LogP) is 4.17. The van der Waals surface area contributed by atoms with Gasteiger partial charge in [0.1, 0.15) is 0 Å².